The van der Waals surface area contributed by atoms with Crippen LogP contribution in [0.15, 0.2) is 23.1 Å². The quantitative estimate of drug-likeness (QED) is 0.681. The lowest BCUT2D eigenvalue weighted by molar-refractivity contribution is -0.115. The fourth-order valence-corrected chi connectivity index (χ4v) is 3.58. The van der Waals surface area contributed by atoms with E-state index in [1.807, 2.05) is 6.07 Å². The number of anilines is 1. The number of amides is 3. The summed E-state index contributed by atoms with van der Waals surface area (Å²) in [4.78, 5) is 37.1. The van der Waals surface area contributed by atoms with Crippen LogP contribution in [-0.2, 0) is 4.79 Å². The third kappa shape index (κ3) is 4.33. The number of carbonyl (C=O) groups is 3. The van der Waals surface area contributed by atoms with Gasteiger partial charge in [0, 0.05) is 30.4 Å². The number of nitrogens with zero attached hydrogens (tertiary/aromatic N) is 1. The minimum absolute atomic E-state index is 0. The number of nitrogens with two attached hydrogens (primary N) is 2. The van der Waals surface area contributed by atoms with Gasteiger partial charge in [-0.05, 0) is 54.4 Å². The van der Waals surface area contributed by atoms with Crippen LogP contribution in [-0.4, -0.2) is 36.2 Å². The highest BCUT2D eigenvalue weighted by Gasteiger charge is 2.26. The summed E-state index contributed by atoms with van der Waals surface area (Å²) in [7, 11) is 0. The van der Waals surface area contributed by atoms with Crippen molar-refractivity contribution in [3.05, 3.63) is 34.2 Å². The van der Waals surface area contributed by atoms with E-state index in [9.17, 15) is 14.4 Å². The van der Waals surface area contributed by atoms with Gasteiger partial charge >= 0.3 is 0 Å². The van der Waals surface area contributed by atoms with Crippen molar-refractivity contribution in [1.82, 2.24) is 5.32 Å². The van der Waals surface area contributed by atoms with E-state index in [-0.39, 0.29) is 18.4 Å². The second-order valence-corrected chi connectivity index (χ2v) is 6.85. The van der Waals surface area contributed by atoms with Crippen molar-refractivity contribution in [3.8, 4) is 0 Å². The molecule has 2 heterocycles. The first-order valence-corrected chi connectivity index (χ1v) is 8.45. The number of rotatable bonds is 3. The third-order valence-electron chi connectivity index (χ3n) is 4.04. The summed E-state index contributed by atoms with van der Waals surface area (Å²) in [6.45, 7) is 1.54. The number of benzene rings is 1. The van der Waals surface area contributed by atoms with Gasteiger partial charge in [-0.2, -0.15) is 0 Å². The summed E-state index contributed by atoms with van der Waals surface area (Å²) >= 11 is 0.841. The van der Waals surface area contributed by atoms with E-state index >= 15 is 0 Å². The molecule has 5 N–H and O–H groups in total. The number of thioether (sulfide) groups is 1. The molecule has 2 saturated heterocycles. The van der Waals surface area contributed by atoms with Crippen molar-refractivity contribution in [2.75, 3.05) is 18.0 Å². The summed E-state index contributed by atoms with van der Waals surface area (Å²) in [5.41, 5.74) is 13.3. The van der Waals surface area contributed by atoms with Crippen LogP contribution < -0.4 is 21.7 Å². The lowest BCUT2D eigenvalue weighted by Gasteiger charge is -2.33. The predicted octanol–water partition coefficient (Wildman–Crippen LogP) is 1.46. The lowest BCUT2D eigenvalue weighted by Crippen LogP contribution is -2.43. The van der Waals surface area contributed by atoms with E-state index in [1.165, 1.54) is 0 Å². The highest BCUT2D eigenvalue weighted by atomic mass is 35.5. The molecule has 0 aliphatic carbocycles. The fourth-order valence-electron chi connectivity index (χ4n) is 2.90. The van der Waals surface area contributed by atoms with E-state index in [0.717, 1.165) is 36.8 Å². The van der Waals surface area contributed by atoms with Gasteiger partial charge in [-0.3, -0.25) is 19.7 Å². The van der Waals surface area contributed by atoms with Gasteiger partial charge in [0.05, 0.1) is 4.91 Å². The van der Waals surface area contributed by atoms with E-state index in [0.29, 0.717) is 22.6 Å². The van der Waals surface area contributed by atoms with Gasteiger partial charge in [0.2, 0.25) is 5.91 Å². The summed E-state index contributed by atoms with van der Waals surface area (Å²) in [5, 5.41) is 1.82. The Kier molecular flexibility index (Phi) is 6.10. The van der Waals surface area contributed by atoms with E-state index < -0.39 is 17.1 Å². The number of piperidine rings is 1. The monoisotopic (exact) mass is 382 g/mol. The van der Waals surface area contributed by atoms with Gasteiger partial charge in [0.15, 0.2) is 0 Å². The van der Waals surface area contributed by atoms with Gasteiger partial charge < -0.3 is 16.4 Å². The number of carbonyl (C=O) groups excluding carboxylic acids is 3. The Hall–Kier alpha value is -2.03. The van der Waals surface area contributed by atoms with Crippen LogP contribution in [0.25, 0.3) is 6.08 Å². The largest absolute Gasteiger partial charge is 0.369 e. The number of hydrogen-bond acceptors (Lipinski definition) is 6. The Morgan fingerprint density at radius 2 is 2.12 bits per heavy atom. The first-order valence-electron chi connectivity index (χ1n) is 7.63. The van der Waals surface area contributed by atoms with Crippen LogP contribution in [0.5, 0.6) is 0 Å². The molecule has 0 saturated carbocycles. The normalized spacial score (nSPS) is 21.9. The summed E-state index contributed by atoms with van der Waals surface area (Å²) in [6, 6.07) is 5.19. The number of imide groups is 1. The van der Waals surface area contributed by atoms with Crippen LogP contribution in [0.1, 0.15) is 28.8 Å². The van der Waals surface area contributed by atoms with Gasteiger partial charge in [-0.15, -0.1) is 12.4 Å². The highest BCUT2D eigenvalue weighted by Crippen LogP contribution is 2.31. The van der Waals surface area contributed by atoms with Crippen molar-refractivity contribution >= 4 is 53.0 Å². The van der Waals surface area contributed by atoms with Gasteiger partial charge in [0.25, 0.3) is 11.1 Å². The van der Waals surface area contributed by atoms with Crippen LogP contribution in [0.2, 0.25) is 0 Å². The summed E-state index contributed by atoms with van der Waals surface area (Å²) < 4.78 is 0. The molecule has 0 bridgehead atoms. The smallest absolute Gasteiger partial charge is 0.290 e. The Balaban J connectivity index is 0.00000225. The van der Waals surface area contributed by atoms with E-state index in [1.54, 1.807) is 18.2 Å². The minimum atomic E-state index is -0.545. The Labute approximate surface area is 155 Å². The third-order valence-corrected chi connectivity index (χ3v) is 4.85. The lowest BCUT2D eigenvalue weighted by atomic mass is 10.0. The summed E-state index contributed by atoms with van der Waals surface area (Å²) in [6.07, 6.45) is 3.56. The topological polar surface area (TPSA) is 119 Å². The zero-order chi connectivity index (χ0) is 17.3. The molecular formula is C16H19ClN4O3S. The standard InChI is InChI=1S/C16H18N4O3S.ClH/c17-11-2-1-5-20(8-11)12-4-3-9(14(18)21)6-10(12)7-13-15(22)19-16(23)24-13;/h3-4,6-7,11H,1-2,5,8,17H2,(H2,18,21)(H,19,22,23);1H. The predicted molar refractivity (Wildman–Crippen MR) is 101 cm³/mol. The SMILES string of the molecule is Cl.NC(=O)c1ccc(N2CCCC(N)C2)c(C=C2SC(=O)NC2=O)c1. The minimum Gasteiger partial charge on any atom is -0.369 e. The molecule has 134 valence electrons. The van der Waals surface area contributed by atoms with Crippen LogP contribution in [0, 0.1) is 0 Å². The van der Waals surface area contributed by atoms with Gasteiger partial charge in [0.1, 0.15) is 0 Å². The van der Waals surface area contributed by atoms with Crippen LogP contribution >= 0.6 is 24.2 Å². The molecule has 0 radical (unpaired) electrons. The second-order valence-electron chi connectivity index (χ2n) is 5.84. The van der Waals surface area contributed by atoms with Gasteiger partial charge in [-0.1, -0.05) is 0 Å². The number of primary amides is 1. The fraction of sp³-hybridized carbons (Fsp3) is 0.312. The maximum atomic E-state index is 11.8. The van der Waals surface area contributed by atoms with Gasteiger partial charge in [-0.25, -0.2) is 0 Å². The second kappa shape index (κ2) is 7.90. The molecule has 7 nitrogen and oxygen atoms in total. The molecule has 1 atom stereocenters. The molecule has 1 aromatic carbocycles. The van der Waals surface area contributed by atoms with Crippen molar-refractivity contribution in [2.45, 2.75) is 18.9 Å². The molecule has 1 unspecified atom stereocenters. The maximum absolute atomic E-state index is 11.8. The first kappa shape index (κ1) is 19.3. The molecule has 2 aliphatic rings. The van der Waals surface area contributed by atoms with Crippen molar-refractivity contribution in [2.24, 2.45) is 11.5 Å². The molecule has 2 aliphatic heterocycles. The molecule has 25 heavy (non-hydrogen) atoms. The first-order chi connectivity index (χ1) is 11.4. The maximum Gasteiger partial charge on any atom is 0.290 e. The molecule has 3 rings (SSSR count). The Bertz CT molecular complexity index is 753. The van der Waals surface area contributed by atoms with E-state index in [2.05, 4.69) is 10.2 Å². The van der Waals surface area contributed by atoms with Crippen molar-refractivity contribution in [3.63, 3.8) is 0 Å². The molecule has 1 aromatic rings. The zero-order valence-corrected chi connectivity index (χ0v) is 15.0. The highest BCUT2D eigenvalue weighted by molar-refractivity contribution is 8.18. The Morgan fingerprint density at radius 1 is 1.36 bits per heavy atom. The van der Waals surface area contributed by atoms with Crippen molar-refractivity contribution in [1.29, 1.82) is 0 Å². The van der Waals surface area contributed by atoms with Crippen molar-refractivity contribution < 1.29 is 14.4 Å². The zero-order valence-electron chi connectivity index (χ0n) is 13.4. The molecule has 0 aromatic heterocycles. The number of halogens is 1. The number of hydrogen-bond donors (Lipinski definition) is 3. The molecule has 0 spiro atoms. The number of nitrogens with one attached hydrogen (secondary N) is 1. The molecule has 2 fully saturated rings. The van der Waals surface area contributed by atoms with Crippen LogP contribution in [0.3, 0.4) is 0 Å². The molecule has 9 heteroatoms. The average Bonchev–Trinajstić information content (AvgIpc) is 2.84. The summed E-state index contributed by atoms with van der Waals surface area (Å²) in [5.74, 6) is -0.980. The Morgan fingerprint density at radius 3 is 2.72 bits per heavy atom. The molecule has 3 amide bonds. The van der Waals surface area contributed by atoms with Crippen LogP contribution in [0.4, 0.5) is 10.5 Å². The average molecular weight is 383 g/mol. The van der Waals surface area contributed by atoms with E-state index in [4.69, 9.17) is 11.5 Å². The molecular weight excluding hydrogens is 364 g/mol.